The summed E-state index contributed by atoms with van der Waals surface area (Å²) in [7, 11) is 0. The van der Waals surface area contributed by atoms with Gasteiger partial charge in [0.1, 0.15) is 12.2 Å². The Labute approximate surface area is 97.7 Å². The number of alkyl halides is 1. The molecule has 0 aliphatic heterocycles. The van der Waals surface area contributed by atoms with E-state index in [0.717, 1.165) is 18.8 Å². The predicted octanol–water partition coefficient (Wildman–Crippen LogP) is 2.69. The first-order valence-electron chi connectivity index (χ1n) is 4.83. The van der Waals surface area contributed by atoms with Crippen molar-refractivity contribution in [3.63, 3.8) is 0 Å². The van der Waals surface area contributed by atoms with Crippen LogP contribution in [-0.4, -0.2) is 14.8 Å². The molecule has 80 valence electrons. The molecule has 0 spiro atoms. The van der Waals surface area contributed by atoms with Gasteiger partial charge in [0.15, 0.2) is 0 Å². The summed E-state index contributed by atoms with van der Waals surface area (Å²) in [6.45, 7) is 2.98. The molecule has 0 N–H and O–H groups in total. The molecule has 15 heavy (non-hydrogen) atoms. The number of hydrogen-bond acceptors (Lipinski definition) is 3. The van der Waals surface area contributed by atoms with Crippen molar-refractivity contribution in [1.29, 1.82) is 0 Å². The second-order valence-electron chi connectivity index (χ2n) is 3.23. The summed E-state index contributed by atoms with van der Waals surface area (Å²) in [5, 5.41) is 7.79. The number of nitrogens with zero attached hydrogens (tertiary/aromatic N) is 3. The van der Waals surface area contributed by atoms with Gasteiger partial charge in [0, 0.05) is 9.75 Å². The van der Waals surface area contributed by atoms with E-state index in [0.29, 0.717) is 5.88 Å². The first kappa shape index (κ1) is 10.6. The highest BCUT2D eigenvalue weighted by Crippen LogP contribution is 2.18. The summed E-state index contributed by atoms with van der Waals surface area (Å²) in [5.74, 6) is 1.23. The van der Waals surface area contributed by atoms with Gasteiger partial charge in [0.05, 0.1) is 12.4 Å². The summed E-state index contributed by atoms with van der Waals surface area (Å²) >= 11 is 7.58. The molecule has 0 saturated carbocycles. The maximum Gasteiger partial charge on any atom is 0.148 e. The van der Waals surface area contributed by atoms with E-state index >= 15 is 0 Å². The lowest BCUT2D eigenvalue weighted by Gasteiger charge is -2.01. The van der Waals surface area contributed by atoms with Crippen LogP contribution in [0.2, 0.25) is 0 Å². The van der Waals surface area contributed by atoms with Gasteiger partial charge in [0.25, 0.3) is 0 Å². The van der Waals surface area contributed by atoms with Crippen LogP contribution in [0.15, 0.2) is 18.5 Å². The SMILES string of the molecule is CCc1ccc(Cn2cnnc2CCl)s1. The fourth-order valence-electron chi connectivity index (χ4n) is 1.38. The summed E-state index contributed by atoms with van der Waals surface area (Å²) in [5.41, 5.74) is 0. The van der Waals surface area contributed by atoms with Crippen LogP contribution in [0.5, 0.6) is 0 Å². The molecule has 0 aliphatic carbocycles. The van der Waals surface area contributed by atoms with Gasteiger partial charge in [-0.25, -0.2) is 0 Å². The third kappa shape index (κ3) is 2.38. The van der Waals surface area contributed by atoms with E-state index in [2.05, 4.69) is 29.3 Å². The molecule has 0 bridgehead atoms. The van der Waals surface area contributed by atoms with Crippen molar-refractivity contribution in [1.82, 2.24) is 14.8 Å². The molecular formula is C10H12ClN3S. The zero-order valence-electron chi connectivity index (χ0n) is 8.48. The van der Waals surface area contributed by atoms with Crippen molar-refractivity contribution in [3.05, 3.63) is 34.0 Å². The Balaban J connectivity index is 2.14. The molecule has 0 unspecified atom stereocenters. The van der Waals surface area contributed by atoms with E-state index in [-0.39, 0.29) is 0 Å². The number of aromatic nitrogens is 3. The van der Waals surface area contributed by atoms with Gasteiger partial charge in [-0.3, -0.25) is 0 Å². The Morgan fingerprint density at radius 1 is 1.40 bits per heavy atom. The maximum absolute atomic E-state index is 5.75. The summed E-state index contributed by atoms with van der Waals surface area (Å²) in [6, 6.07) is 4.33. The fourth-order valence-corrected chi connectivity index (χ4v) is 2.54. The van der Waals surface area contributed by atoms with Gasteiger partial charge in [-0.05, 0) is 18.6 Å². The predicted molar refractivity (Wildman–Crippen MR) is 62.4 cm³/mol. The zero-order valence-corrected chi connectivity index (χ0v) is 10.1. The molecule has 2 rings (SSSR count). The fraction of sp³-hybridized carbons (Fsp3) is 0.400. The molecule has 3 nitrogen and oxygen atoms in total. The molecule has 0 amide bonds. The zero-order chi connectivity index (χ0) is 10.7. The number of aryl methyl sites for hydroxylation is 1. The van der Waals surface area contributed by atoms with Crippen molar-refractivity contribution in [2.45, 2.75) is 25.8 Å². The van der Waals surface area contributed by atoms with E-state index in [1.54, 1.807) is 6.33 Å². The number of hydrogen-bond donors (Lipinski definition) is 0. The highest BCUT2D eigenvalue weighted by molar-refractivity contribution is 7.11. The molecular weight excluding hydrogens is 230 g/mol. The Kier molecular flexibility index (Phi) is 3.38. The van der Waals surface area contributed by atoms with Crippen LogP contribution >= 0.6 is 22.9 Å². The van der Waals surface area contributed by atoms with Crippen LogP contribution in [-0.2, 0) is 18.8 Å². The van der Waals surface area contributed by atoms with Crippen molar-refractivity contribution < 1.29 is 0 Å². The van der Waals surface area contributed by atoms with E-state index in [1.807, 2.05) is 15.9 Å². The average Bonchev–Trinajstić information content (AvgIpc) is 2.87. The lowest BCUT2D eigenvalue weighted by atomic mass is 10.3. The van der Waals surface area contributed by atoms with Crippen LogP contribution in [0.3, 0.4) is 0 Å². The Morgan fingerprint density at radius 3 is 2.87 bits per heavy atom. The highest BCUT2D eigenvalue weighted by atomic mass is 35.5. The smallest absolute Gasteiger partial charge is 0.148 e. The van der Waals surface area contributed by atoms with Crippen molar-refractivity contribution in [2.75, 3.05) is 0 Å². The topological polar surface area (TPSA) is 30.7 Å². The Hall–Kier alpha value is -0.870. The van der Waals surface area contributed by atoms with Crippen LogP contribution in [0.25, 0.3) is 0 Å². The molecule has 5 heteroatoms. The Morgan fingerprint density at radius 2 is 2.20 bits per heavy atom. The van der Waals surface area contributed by atoms with Gasteiger partial charge in [-0.15, -0.1) is 33.1 Å². The van der Waals surface area contributed by atoms with Crippen LogP contribution in [0.1, 0.15) is 22.5 Å². The molecule has 2 aromatic heterocycles. The third-order valence-electron chi connectivity index (χ3n) is 2.21. The lowest BCUT2D eigenvalue weighted by Crippen LogP contribution is -2.00. The van der Waals surface area contributed by atoms with Gasteiger partial charge in [-0.2, -0.15) is 0 Å². The van der Waals surface area contributed by atoms with Crippen LogP contribution in [0.4, 0.5) is 0 Å². The molecule has 2 aromatic rings. The van der Waals surface area contributed by atoms with Crippen LogP contribution < -0.4 is 0 Å². The normalized spacial score (nSPS) is 10.8. The molecule has 0 atom stereocenters. The highest BCUT2D eigenvalue weighted by Gasteiger charge is 2.04. The molecule has 0 aliphatic rings. The second-order valence-corrected chi connectivity index (χ2v) is 4.75. The monoisotopic (exact) mass is 241 g/mol. The minimum Gasteiger partial charge on any atom is -0.311 e. The van der Waals surface area contributed by atoms with E-state index < -0.39 is 0 Å². The standard InChI is InChI=1S/C10H12ClN3S/c1-2-8-3-4-9(15-8)6-14-7-12-13-10(14)5-11/h3-4,7H,2,5-6H2,1H3. The first-order chi connectivity index (χ1) is 7.33. The van der Waals surface area contributed by atoms with E-state index in [1.165, 1.54) is 9.75 Å². The van der Waals surface area contributed by atoms with Gasteiger partial charge in [0.2, 0.25) is 0 Å². The molecule has 0 saturated heterocycles. The van der Waals surface area contributed by atoms with Gasteiger partial charge < -0.3 is 4.57 Å². The molecule has 0 aromatic carbocycles. The lowest BCUT2D eigenvalue weighted by molar-refractivity contribution is 0.764. The number of thiophene rings is 1. The third-order valence-corrected chi connectivity index (χ3v) is 3.66. The van der Waals surface area contributed by atoms with Crippen molar-refractivity contribution in [3.8, 4) is 0 Å². The number of halogens is 1. The quantitative estimate of drug-likeness (QED) is 0.771. The average molecular weight is 242 g/mol. The summed E-state index contributed by atoms with van der Waals surface area (Å²) in [4.78, 5) is 2.73. The summed E-state index contributed by atoms with van der Waals surface area (Å²) in [6.07, 6.45) is 2.82. The summed E-state index contributed by atoms with van der Waals surface area (Å²) < 4.78 is 1.98. The molecule has 0 radical (unpaired) electrons. The minimum absolute atomic E-state index is 0.409. The maximum atomic E-state index is 5.75. The van der Waals surface area contributed by atoms with E-state index in [9.17, 15) is 0 Å². The second kappa shape index (κ2) is 4.77. The van der Waals surface area contributed by atoms with E-state index in [4.69, 9.17) is 11.6 Å². The Bertz CT molecular complexity index is 435. The van der Waals surface area contributed by atoms with Crippen LogP contribution in [0, 0.1) is 0 Å². The van der Waals surface area contributed by atoms with Gasteiger partial charge >= 0.3 is 0 Å². The largest absolute Gasteiger partial charge is 0.311 e. The van der Waals surface area contributed by atoms with Crippen molar-refractivity contribution >= 4 is 22.9 Å². The number of rotatable bonds is 4. The molecule has 2 heterocycles. The molecule has 0 fully saturated rings. The minimum atomic E-state index is 0.409. The van der Waals surface area contributed by atoms with Gasteiger partial charge in [-0.1, -0.05) is 6.92 Å². The first-order valence-corrected chi connectivity index (χ1v) is 6.18. The van der Waals surface area contributed by atoms with Crippen molar-refractivity contribution in [2.24, 2.45) is 0 Å².